The van der Waals surface area contributed by atoms with E-state index in [4.69, 9.17) is 9.84 Å². The summed E-state index contributed by atoms with van der Waals surface area (Å²) in [7, 11) is 0. The van der Waals surface area contributed by atoms with Crippen molar-refractivity contribution >= 4 is 11.9 Å². The van der Waals surface area contributed by atoms with Gasteiger partial charge in [-0.05, 0) is 25.0 Å². The maximum Gasteiger partial charge on any atom is 0.345 e. The lowest BCUT2D eigenvalue weighted by Crippen LogP contribution is -2.27. The third-order valence-electron chi connectivity index (χ3n) is 2.35. The molecule has 0 saturated carbocycles. The number of benzene rings is 1. The molecule has 4 nitrogen and oxygen atoms in total. The fourth-order valence-corrected chi connectivity index (χ4v) is 1.39. The number of carboxylic acid groups (broad SMARTS) is 1. The summed E-state index contributed by atoms with van der Waals surface area (Å²) in [4.78, 5) is 22.5. The zero-order valence-electron chi connectivity index (χ0n) is 9.76. The molecular weight excluding hydrogens is 220 g/mol. The highest BCUT2D eigenvalue weighted by atomic mass is 16.6. The van der Waals surface area contributed by atoms with Crippen LogP contribution in [0.4, 0.5) is 0 Å². The van der Waals surface area contributed by atoms with Crippen LogP contribution in [-0.2, 0) is 9.53 Å². The third-order valence-corrected chi connectivity index (χ3v) is 2.35. The fraction of sp³-hybridized carbons (Fsp3) is 0.385. The number of unbranched alkanes of at least 4 members (excludes halogenated alkanes) is 1. The SMILES string of the molecule is CCCC[C@@H](OC(=O)c1ccccc1)C(=O)O. The summed E-state index contributed by atoms with van der Waals surface area (Å²) in [6, 6.07) is 8.39. The molecule has 1 N–H and O–H groups in total. The van der Waals surface area contributed by atoms with Crippen molar-refractivity contribution in [2.24, 2.45) is 0 Å². The van der Waals surface area contributed by atoms with E-state index in [1.807, 2.05) is 6.92 Å². The smallest absolute Gasteiger partial charge is 0.345 e. The Morgan fingerprint density at radius 2 is 1.94 bits per heavy atom. The molecule has 0 fully saturated rings. The zero-order chi connectivity index (χ0) is 12.7. The fourth-order valence-electron chi connectivity index (χ4n) is 1.39. The lowest BCUT2D eigenvalue weighted by atomic mass is 10.1. The molecule has 1 aromatic rings. The summed E-state index contributed by atoms with van der Waals surface area (Å²) in [5.41, 5.74) is 0.371. The maximum atomic E-state index is 11.6. The molecule has 0 bridgehead atoms. The third kappa shape index (κ3) is 4.26. The van der Waals surface area contributed by atoms with Gasteiger partial charge in [0.15, 0.2) is 6.10 Å². The van der Waals surface area contributed by atoms with Crippen LogP contribution in [0.1, 0.15) is 36.5 Å². The first-order chi connectivity index (χ1) is 8.15. The van der Waals surface area contributed by atoms with Crippen molar-refractivity contribution < 1.29 is 19.4 Å². The highest BCUT2D eigenvalue weighted by Gasteiger charge is 2.22. The Morgan fingerprint density at radius 3 is 2.47 bits per heavy atom. The molecular formula is C13H16O4. The van der Waals surface area contributed by atoms with Gasteiger partial charge in [-0.1, -0.05) is 31.5 Å². The van der Waals surface area contributed by atoms with Gasteiger partial charge in [0, 0.05) is 0 Å². The van der Waals surface area contributed by atoms with Crippen LogP contribution in [0.2, 0.25) is 0 Å². The van der Waals surface area contributed by atoms with Crippen molar-refractivity contribution in [2.75, 3.05) is 0 Å². The number of carbonyl (C=O) groups is 2. The van der Waals surface area contributed by atoms with E-state index in [1.54, 1.807) is 30.3 Å². The van der Waals surface area contributed by atoms with Crippen molar-refractivity contribution in [1.29, 1.82) is 0 Å². The molecule has 0 aliphatic heterocycles. The van der Waals surface area contributed by atoms with E-state index in [-0.39, 0.29) is 0 Å². The summed E-state index contributed by atoms with van der Waals surface area (Å²) in [5.74, 6) is -1.68. The quantitative estimate of drug-likeness (QED) is 0.771. The molecule has 0 aliphatic rings. The Balaban J connectivity index is 2.61. The molecule has 0 saturated heterocycles. The van der Waals surface area contributed by atoms with E-state index >= 15 is 0 Å². The second kappa shape index (κ2) is 6.68. The first-order valence-corrected chi connectivity index (χ1v) is 5.64. The molecule has 0 aromatic heterocycles. The standard InChI is InChI=1S/C13H16O4/c1-2-3-9-11(12(14)15)17-13(16)10-7-5-4-6-8-10/h4-8,11H,2-3,9H2,1H3,(H,14,15)/t11-/m1/s1. The van der Waals surface area contributed by atoms with Gasteiger partial charge in [0.1, 0.15) is 0 Å². The monoisotopic (exact) mass is 236 g/mol. The highest BCUT2D eigenvalue weighted by Crippen LogP contribution is 2.09. The average molecular weight is 236 g/mol. The van der Waals surface area contributed by atoms with E-state index in [9.17, 15) is 9.59 Å². The van der Waals surface area contributed by atoms with Crippen LogP contribution in [0.15, 0.2) is 30.3 Å². The number of hydrogen-bond donors (Lipinski definition) is 1. The van der Waals surface area contributed by atoms with Gasteiger partial charge in [-0.2, -0.15) is 0 Å². The van der Waals surface area contributed by atoms with Crippen LogP contribution >= 0.6 is 0 Å². The van der Waals surface area contributed by atoms with Gasteiger partial charge in [0.25, 0.3) is 0 Å². The summed E-state index contributed by atoms with van der Waals surface area (Å²) >= 11 is 0. The summed E-state index contributed by atoms with van der Waals surface area (Å²) < 4.78 is 4.96. The minimum atomic E-state index is -1.09. The number of esters is 1. The van der Waals surface area contributed by atoms with E-state index in [1.165, 1.54) is 0 Å². The molecule has 0 amide bonds. The van der Waals surface area contributed by atoms with Crippen molar-refractivity contribution in [3.8, 4) is 0 Å². The molecule has 1 rings (SSSR count). The van der Waals surface area contributed by atoms with Crippen molar-refractivity contribution in [3.05, 3.63) is 35.9 Å². The predicted octanol–water partition coefficient (Wildman–Crippen LogP) is 2.49. The lowest BCUT2D eigenvalue weighted by molar-refractivity contribution is -0.147. The highest BCUT2D eigenvalue weighted by molar-refractivity contribution is 5.91. The Bertz CT molecular complexity index is 372. The molecule has 0 aliphatic carbocycles. The zero-order valence-corrected chi connectivity index (χ0v) is 9.76. The Hall–Kier alpha value is -1.84. The van der Waals surface area contributed by atoms with Crippen LogP contribution in [0.25, 0.3) is 0 Å². The van der Waals surface area contributed by atoms with E-state index in [0.29, 0.717) is 12.0 Å². The minimum Gasteiger partial charge on any atom is -0.479 e. The minimum absolute atomic E-state index is 0.352. The molecule has 92 valence electrons. The van der Waals surface area contributed by atoms with E-state index in [2.05, 4.69) is 0 Å². The normalized spacial score (nSPS) is 11.8. The number of rotatable bonds is 6. The first-order valence-electron chi connectivity index (χ1n) is 5.64. The Kier molecular flexibility index (Phi) is 5.20. The van der Waals surface area contributed by atoms with Crippen molar-refractivity contribution in [3.63, 3.8) is 0 Å². The van der Waals surface area contributed by atoms with Gasteiger partial charge < -0.3 is 9.84 Å². The first kappa shape index (κ1) is 13.2. The van der Waals surface area contributed by atoms with Crippen LogP contribution < -0.4 is 0 Å². The van der Waals surface area contributed by atoms with E-state index in [0.717, 1.165) is 12.8 Å². The molecule has 4 heteroatoms. The van der Waals surface area contributed by atoms with Gasteiger partial charge in [-0.15, -0.1) is 0 Å². The van der Waals surface area contributed by atoms with Crippen LogP contribution in [0, 0.1) is 0 Å². The van der Waals surface area contributed by atoms with Crippen LogP contribution in [0.5, 0.6) is 0 Å². The molecule has 1 atom stereocenters. The second-order valence-corrected chi connectivity index (χ2v) is 3.74. The van der Waals surface area contributed by atoms with Gasteiger partial charge in [-0.3, -0.25) is 0 Å². The topological polar surface area (TPSA) is 63.6 Å². The maximum absolute atomic E-state index is 11.6. The second-order valence-electron chi connectivity index (χ2n) is 3.74. The largest absolute Gasteiger partial charge is 0.479 e. The van der Waals surface area contributed by atoms with Crippen molar-refractivity contribution in [1.82, 2.24) is 0 Å². The summed E-state index contributed by atoms with van der Waals surface area (Å²) in [6.45, 7) is 1.96. The number of hydrogen-bond acceptors (Lipinski definition) is 3. The van der Waals surface area contributed by atoms with E-state index < -0.39 is 18.0 Å². The van der Waals surface area contributed by atoms with Crippen molar-refractivity contribution in [2.45, 2.75) is 32.3 Å². The molecule has 1 aromatic carbocycles. The molecule has 0 heterocycles. The van der Waals surface area contributed by atoms with Crippen LogP contribution in [-0.4, -0.2) is 23.1 Å². The van der Waals surface area contributed by atoms with Crippen LogP contribution in [0.3, 0.4) is 0 Å². The van der Waals surface area contributed by atoms with Gasteiger partial charge >= 0.3 is 11.9 Å². The lowest BCUT2D eigenvalue weighted by Gasteiger charge is -2.13. The number of ether oxygens (including phenoxy) is 1. The summed E-state index contributed by atoms with van der Waals surface area (Å²) in [6.07, 6.45) is 0.887. The van der Waals surface area contributed by atoms with Gasteiger partial charge in [0.05, 0.1) is 5.56 Å². The molecule has 0 unspecified atom stereocenters. The number of carboxylic acids is 1. The number of aliphatic carboxylic acids is 1. The number of carbonyl (C=O) groups excluding carboxylic acids is 1. The average Bonchev–Trinajstić information content (AvgIpc) is 2.35. The van der Waals surface area contributed by atoms with Gasteiger partial charge in [0.2, 0.25) is 0 Å². The predicted molar refractivity (Wildman–Crippen MR) is 62.8 cm³/mol. The molecule has 0 radical (unpaired) electrons. The Labute approximate surface area is 100 Å². The molecule has 0 spiro atoms. The summed E-state index contributed by atoms with van der Waals surface area (Å²) in [5, 5.41) is 8.92. The molecule has 17 heavy (non-hydrogen) atoms. The Morgan fingerprint density at radius 1 is 1.29 bits per heavy atom. The van der Waals surface area contributed by atoms with Gasteiger partial charge in [-0.25, -0.2) is 9.59 Å².